The summed E-state index contributed by atoms with van der Waals surface area (Å²) < 4.78 is 2.03. The van der Waals surface area contributed by atoms with Gasteiger partial charge in [-0.15, -0.1) is 11.8 Å². The minimum Gasteiger partial charge on any atom is -0.396 e. The minimum atomic E-state index is 0.166. The maximum absolute atomic E-state index is 9.28. The van der Waals surface area contributed by atoms with Crippen LogP contribution in [-0.4, -0.2) is 37.0 Å². The van der Waals surface area contributed by atoms with Gasteiger partial charge in [-0.2, -0.15) is 4.98 Å². The third-order valence-corrected chi connectivity index (χ3v) is 5.09. The Balaban J connectivity index is 1.95. The number of nitrogens with two attached hydrogens (primary N) is 1. The molecule has 2 aromatic rings. The van der Waals surface area contributed by atoms with Gasteiger partial charge < -0.3 is 15.4 Å². The lowest BCUT2D eigenvalue weighted by Gasteiger charge is -2.13. The first-order valence-corrected chi connectivity index (χ1v) is 8.49. The Hall–Kier alpha value is -1.60. The van der Waals surface area contributed by atoms with E-state index in [9.17, 15) is 5.11 Å². The van der Waals surface area contributed by atoms with E-state index >= 15 is 0 Å². The van der Waals surface area contributed by atoms with Gasteiger partial charge in [-0.25, -0.2) is 9.97 Å². The lowest BCUT2D eigenvalue weighted by Crippen LogP contribution is -2.08. The molecule has 0 aromatic carbocycles. The Bertz CT molecular complexity index is 697. The number of nitrogen functional groups attached to an aromatic ring is 1. The topological polar surface area (TPSA) is 89.9 Å². The summed E-state index contributed by atoms with van der Waals surface area (Å²) in [6.07, 6.45) is 6.81. The molecule has 22 heavy (non-hydrogen) atoms. The van der Waals surface area contributed by atoms with E-state index in [0.29, 0.717) is 5.92 Å². The summed E-state index contributed by atoms with van der Waals surface area (Å²) in [5.41, 5.74) is 7.45. The number of nitrogens with zero attached hydrogens (tertiary/aromatic N) is 4. The van der Waals surface area contributed by atoms with Crippen LogP contribution in [0.4, 0.5) is 5.95 Å². The van der Waals surface area contributed by atoms with E-state index in [1.54, 1.807) is 18.1 Å². The van der Waals surface area contributed by atoms with Crippen molar-refractivity contribution in [3.8, 4) is 0 Å². The number of hydrogen-bond donors (Lipinski definition) is 2. The molecule has 2 aromatic heterocycles. The highest BCUT2D eigenvalue weighted by molar-refractivity contribution is 7.99. The number of allylic oxidation sites excluding steroid dienone is 1. The van der Waals surface area contributed by atoms with E-state index in [0.717, 1.165) is 28.4 Å². The van der Waals surface area contributed by atoms with Crippen LogP contribution in [0.2, 0.25) is 0 Å². The highest BCUT2D eigenvalue weighted by Crippen LogP contribution is 2.32. The molecule has 3 N–H and O–H groups in total. The smallest absolute Gasteiger partial charge is 0.223 e. The molecule has 0 fully saturated rings. The Morgan fingerprint density at radius 3 is 2.91 bits per heavy atom. The maximum atomic E-state index is 9.28. The fourth-order valence-electron chi connectivity index (χ4n) is 2.59. The van der Waals surface area contributed by atoms with Crippen molar-refractivity contribution in [2.45, 2.75) is 31.3 Å². The van der Waals surface area contributed by atoms with Crippen LogP contribution >= 0.6 is 11.8 Å². The SMILES string of the molecule is CC(C)CSc1nc(N)nc2c1ncn2[C@@H]1C=C[C@H](CO)C1. The average molecular weight is 319 g/mol. The Kier molecular flexibility index (Phi) is 4.35. The van der Waals surface area contributed by atoms with Gasteiger partial charge in [0.2, 0.25) is 5.95 Å². The number of aromatic nitrogens is 4. The summed E-state index contributed by atoms with van der Waals surface area (Å²) in [6, 6.07) is 0.166. The summed E-state index contributed by atoms with van der Waals surface area (Å²) in [6.45, 7) is 4.52. The molecule has 0 aliphatic heterocycles. The quantitative estimate of drug-likeness (QED) is 0.499. The molecular formula is C15H21N5OS. The number of hydrogen-bond acceptors (Lipinski definition) is 6. The van der Waals surface area contributed by atoms with E-state index in [-0.39, 0.29) is 24.5 Å². The van der Waals surface area contributed by atoms with E-state index in [1.807, 2.05) is 4.57 Å². The first-order chi connectivity index (χ1) is 10.6. The minimum absolute atomic E-state index is 0.166. The number of rotatable bonds is 5. The molecule has 0 saturated carbocycles. The predicted molar refractivity (Wildman–Crippen MR) is 88.7 cm³/mol. The summed E-state index contributed by atoms with van der Waals surface area (Å²) in [5, 5.41) is 10.1. The predicted octanol–water partition coefficient (Wildman–Crippen LogP) is 2.27. The number of anilines is 1. The van der Waals surface area contributed by atoms with Crippen LogP contribution in [0.1, 0.15) is 26.3 Å². The largest absolute Gasteiger partial charge is 0.396 e. The highest BCUT2D eigenvalue weighted by Gasteiger charge is 2.23. The van der Waals surface area contributed by atoms with Gasteiger partial charge in [0, 0.05) is 18.3 Å². The van der Waals surface area contributed by atoms with Crippen molar-refractivity contribution in [3.63, 3.8) is 0 Å². The zero-order chi connectivity index (χ0) is 15.7. The van der Waals surface area contributed by atoms with E-state index in [4.69, 9.17) is 5.73 Å². The van der Waals surface area contributed by atoms with Crippen LogP contribution in [-0.2, 0) is 0 Å². The van der Waals surface area contributed by atoms with Crippen molar-refractivity contribution < 1.29 is 5.11 Å². The van der Waals surface area contributed by atoms with Crippen LogP contribution in [0.15, 0.2) is 23.5 Å². The van der Waals surface area contributed by atoms with Gasteiger partial charge in [-0.1, -0.05) is 26.0 Å². The molecule has 3 rings (SSSR count). The standard InChI is InChI=1S/C15H21N5OS/c1-9(2)7-22-14-12-13(18-15(16)19-14)20(8-17-12)11-4-3-10(5-11)6-21/h3-4,8-11,21H,5-7H2,1-2H3,(H2,16,18,19)/t10-,11+/m0/s1. The Labute approximate surface area is 133 Å². The highest BCUT2D eigenvalue weighted by atomic mass is 32.2. The molecule has 0 saturated heterocycles. The van der Waals surface area contributed by atoms with Gasteiger partial charge in [-0.05, 0) is 12.3 Å². The van der Waals surface area contributed by atoms with Gasteiger partial charge in [0.25, 0.3) is 0 Å². The Morgan fingerprint density at radius 2 is 2.23 bits per heavy atom. The fourth-order valence-corrected chi connectivity index (χ4v) is 3.52. The van der Waals surface area contributed by atoms with Gasteiger partial charge in [0.15, 0.2) is 5.65 Å². The molecule has 118 valence electrons. The second kappa shape index (κ2) is 6.26. The molecule has 1 aliphatic carbocycles. The molecule has 0 amide bonds. The maximum Gasteiger partial charge on any atom is 0.223 e. The molecule has 1 aliphatic rings. The van der Waals surface area contributed by atoms with E-state index in [2.05, 4.69) is 41.0 Å². The van der Waals surface area contributed by atoms with E-state index in [1.165, 1.54) is 0 Å². The monoisotopic (exact) mass is 319 g/mol. The number of aliphatic hydroxyl groups is 1. The van der Waals surface area contributed by atoms with Gasteiger partial charge in [0.1, 0.15) is 10.5 Å². The van der Waals surface area contributed by atoms with Crippen LogP contribution in [0, 0.1) is 11.8 Å². The summed E-state index contributed by atoms with van der Waals surface area (Å²) in [7, 11) is 0. The molecule has 0 unspecified atom stereocenters. The third kappa shape index (κ3) is 2.96. The molecule has 2 atom stereocenters. The number of aliphatic hydroxyl groups excluding tert-OH is 1. The fraction of sp³-hybridized carbons (Fsp3) is 0.533. The van der Waals surface area contributed by atoms with Gasteiger partial charge >= 0.3 is 0 Å². The molecule has 0 spiro atoms. The molecule has 0 radical (unpaired) electrons. The van der Waals surface area contributed by atoms with Crippen molar-refractivity contribution in [2.24, 2.45) is 11.8 Å². The second-order valence-corrected chi connectivity index (χ2v) is 7.06. The zero-order valence-corrected chi connectivity index (χ0v) is 13.6. The molecule has 2 heterocycles. The van der Waals surface area contributed by atoms with Crippen molar-refractivity contribution >= 4 is 28.9 Å². The van der Waals surface area contributed by atoms with Crippen molar-refractivity contribution in [1.29, 1.82) is 0 Å². The molecule has 0 bridgehead atoms. The van der Waals surface area contributed by atoms with Crippen LogP contribution in [0.25, 0.3) is 11.2 Å². The Morgan fingerprint density at radius 1 is 1.41 bits per heavy atom. The van der Waals surface area contributed by atoms with Crippen molar-refractivity contribution in [3.05, 3.63) is 18.5 Å². The van der Waals surface area contributed by atoms with Crippen LogP contribution in [0.5, 0.6) is 0 Å². The summed E-state index contributed by atoms with van der Waals surface area (Å²) >= 11 is 1.67. The van der Waals surface area contributed by atoms with Crippen molar-refractivity contribution in [1.82, 2.24) is 19.5 Å². The van der Waals surface area contributed by atoms with Crippen LogP contribution in [0.3, 0.4) is 0 Å². The first kappa shape index (κ1) is 15.3. The molecule has 6 nitrogen and oxygen atoms in total. The molecular weight excluding hydrogens is 298 g/mol. The van der Waals surface area contributed by atoms with Gasteiger partial charge in [0.05, 0.1) is 12.4 Å². The van der Waals surface area contributed by atoms with Gasteiger partial charge in [-0.3, -0.25) is 0 Å². The summed E-state index contributed by atoms with van der Waals surface area (Å²) in [4.78, 5) is 13.2. The third-order valence-electron chi connectivity index (χ3n) is 3.70. The average Bonchev–Trinajstić information content (AvgIpc) is 3.10. The summed E-state index contributed by atoms with van der Waals surface area (Å²) in [5.74, 6) is 2.02. The lowest BCUT2D eigenvalue weighted by molar-refractivity contribution is 0.244. The number of thioether (sulfide) groups is 1. The first-order valence-electron chi connectivity index (χ1n) is 7.50. The van der Waals surface area contributed by atoms with Crippen LogP contribution < -0.4 is 5.73 Å². The normalized spacial score (nSPS) is 21.3. The second-order valence-electron chi connectivity index (χ2n) is 6.05. The van der Waals surface area contributed by atoms with E-state index < -0.39 is 0 Å². The lowest BCUT2D eigenvalue weighted by atomic mass is 10.1. The zero-order valence-electron chi connectivity index (χ0n) is 12.8. The van der Waals surface area contributed by atoms with Crippen molar-refractivity contribution in [2.75, 3.05) is 18.1 Å². The number of imidazole rings is 1. The number of fused-ring (bicyclic) bond motifs is 1. The molecule has 7 heteroatoms.